The molecular formula is C13H23NO2. The molecule has 0 aromatic carbocycles. The second-order valence-corrected chi connectivity index (χ2v) is 4.86. The molecule has 0 rings (SSSR count). The lowest BCUT2D eigenvalue weighted by Crippen LogP contribution is -2.42. The smallest absolute Gasteiger partial charge is 0.410 e. The van der Waals surface area contributed by atoms with Crippen molar-refractivity contribution in [3.05, 3.63) is 0 Å². The van der Waals surface area contributed by atoms with Crippen LogP contribution in [0.15, 0.2) is 0 Å². The van der Waals surface area contributed by atoms with Crippen LogP contribution in [0.3, 0.4) is 0 Å². The van der Waals surface area contributed by atoms with Gasteiger partial charge < -0.3 is 9.64 Å². The molecule has 0 aromatic heterocycles. The van der Waals surface area contributed by atoms with E-state index in [-0.39, 0.29) is 12.1 Å². The van der Waals surface area contributed by atoms with Gasteiger partial charge in [0.25, 0.3) is 0 Å². The topological polar surface area (TPSA) is 29.5 Å². The summed E-state index contributed by atoms with van der Waals surface area (Å²) >= 11 is 0. The molecule has 3 nitrogen and oxygen atoms in total. The minimum absolute atomic E-state index is 0.121. The number of hydrogen-bond acceptors (Lipinski definition) is 2. The first-order valence-electron chi connectivity index (χ1n) is 5.75. The summed E-state index contributed by atoms with van der Waals surface area (Å²) in [5.74, 6) is 2.59. The minimum atomic E-state index is -0.448. The summed E-state index contributed by atoms with van der Waals surface area (Å²) in [7, 11) is 0. The summed E-state index contributed by atoms with van der Waals surface area (Å²) in [6, 6.07) is 0.121. The predicted molar refractivity (Wildman–Crippen MR) is 66.1 cm³/mol. The van der Waals surface area contributed by atoms with Crippen molar-refractivity contribution in [2.45, 2.75) is 59.1 Å². The third-order valence-electron chi connectivity index (χ3n) is 2.21. The van der Waals surface area contributed by atoms with E-state index in [0.717, 1.165) is 6.42 Å². The summed E-state index contributed by atoms with van der Waals surface area (Å²) in [6.07, 6.45) is 6.44. The zero-order valence-corrected chi connectivity index (χ0v) is 11.0. The van der Waals surface area contributed by atoms with Gasteiger partial charge in [0.1, 0.15) is 5.60 Å². The largest absolute Gasteiger partial charge is 0.444 e. The Bertz CT molecular complexity index is 260. The van der Waals surface area contributed by atoms with Crippen molar-refractivity contribution < 1.29 is 9.53 Å². The lowest BCUT2D eigenvalue weighted by molar-refractivity contribution is 0.0182. The fourth-order valence-corrected chi connectivity index (χ4v) is 1.39. The molecule has 0 aliphatic heterocycles. The molecule has 0 saturated carbocycles. The molecule has 16 heavy (non-hydrogen) atoms. The standard InChI is InChI=1S/C13H23NO2/c1-7-9-10-11(3)14(8-2)12(15)16-13(4,5)6/h1,11H,8-10H2,2-6H3. The van der Waals surface area contributed by atoms with Crippen LogP contribution < -0.4 is 0 Å². The predicted octanol–water partition coefficient (Wildman–Crippen LogP) is 3.05. The molecule has 0 aliphatic rings. The highest BCUT2D eigenvalue weighted by molar-refractivity contribution is 5.68. The lowest BCUT2D eigenvalue weighted by atomic mass is 10.1. The fourth-order valence-electron chi connectivity index (χ4n) is 1.39. The third kappa shape index (κ3) is 5.65. The molecule has 1 unspecified atom stereocenters. The van der Waals surface area contributed by atoms with E-state index in [9.17, 15) is 4.79 Å². The van der Waals surface area contributed by atoms with Crippen molar-refractivity contribution in [2.75, 3.05) is 6.54 Å². The monoisotopic (exact) mass is 225 g/mol. The Morgan fingerprint density at radius 3 is 2.44 bits per heavy atom. The van der Waals surface area contributed by atoms with Crippen LogP contribution in [0.1, 0.15) is 47.5 Å². The van der Waals surface area contributed by atoms with Gasteiger partial charge in [-0.05, 0) is 41.0 Å². The summed E-state index contributed by atoms with van der Waals surface area (Å²) in [4.78, 5) is 13.6. The third-order valence-corrected chi connectivity index (χ3v) is 2.21. The Kier molecular flexibility index (Phi) is 5.95. The molecule has 0 bridgehead atoms. The van der Waals surface area contributed by atoms with Crippen molar-refractivity contribution in [1.29, 1.82) is 0 Å². The maximum Gasteiger partial charge on any atom is 0.410 e. The van der Waals surface area contributed by atoms with E-state index < -0.39 is 5.60 Å². The van der Waals surface area contributed by atoms with E-state index >= 15 is 0 Å². The number of amides is 1. The van der Waals surface area contributed by atoms with Crippen LogP contribution in [-0.4, -0.2) is 29.2 Å². The van der Waals surface area contributed by atoms with Gasteiger partial charge in [0.15, 0.2) is 0 Å². The molecule has 0 N–H and O–H groups in total. The first-order chi connectivity index (χ1) is 7.31. The van der Waals surface area contributed by atoms with Crippen molar-refractivity contribution in [2.24, 2.45) is 0 Å². The Morgan fingerprint density at radius 2 is 2.06 bits per heavy atom. The van der Waals surface area contributed by atoms with E-state index in [0.29, 0.717) is 13.0 Å². The SMILES string of the molecule is C#CCCC(C)N(CC)C(=O)OC(C)(C)C. The van der Waals surface area contributed by atoms with Crippen LogP contribution in [0.5, 0.6) is 0 Å². The van der Waals surface area contributed by atoms with Gasteiger partial charge in [-0.1, -0.05) is 0 Å². The average Bonchev–Trinajstić information content (AvgIpc) is 2.12. The van der Waals surface area contributed by atoms with E-state index in [1.54, 1.807) is 4.90 Å². The average molecular weight is 225 g/mol. The van der Waals surface area contributed by atoms with E-state index in [4.69, 9.17) is 11.2 Å². The molecule has 0 spiro atoms. The van der Waals surface area contributed by atoms with Crippen LogP contribution in [0, 0.1) is 12.3 Å². The van der Waals surface area contributed by atoms with Crippen LogP contribution in [0.4, 0.5) is 4.79 Å². The van der Waals surface area contributed by atoms with Gasteiger partial charge in [-0.25, -0.2) is 4.79 Å². The molecule has 0 heterocycles. The van der Waals surface area contributed by atoms with Gasteiger partial charge >= 0.3 is 6.09 Å². The molecule has 0 radical (unpaired) electrons. The van der Waals surface area contributed by atoms with Crippen molar-refractivity contribution >= 4 is 6.09 Å². The Hall–Kier alpha value is -1.17. The Balaban J connectivity index is 4.37. The molecule has 1 amide bonds. The van der Waals surface area contributed by atoms with Gasteiger partial charge in [0, 0.05) is 19.0 Å². The van der Waals surface area contributed by atoms with Gasteiger partial charge in [0.05, 0.1) is 0 Å². The first kappa shape index (κ1) is 14.8. The quantitative estimate of drug-likeness (QED) is 0.688. The summed E-state index contributed by atoms with van der Waals surface area (Å²) in [6.45, 7) is 10.2. The van der Waals surface area contributed by atoms with Crippen LogP contribution in [0.2, 0.25) is 0 Å². The Morgan fingerprint density at radius 1 is 1.50 bits per heavy atom. The number of rotatable bonds is 4. The van der Waals surface area contributed by atoms with Crippen LogP contribution in [-0.2, 0) is 4.74 Å². The fraction of sp³-hybridized carbons (Fsp3) is 0.769. The highest BCUT2D eigenvalue weighted by Crippen LogP contribution is 2.13. The highest BCUT2D eigenvalue weighted by atomic mass is 16.6. The van der Waals surface area contributed by atoms with Crippen molar-refractivity contribution in [1.82, 2.24) is 4.90 Å². The number of terminal acetylenes is 1. The summed E-state index contributed by atoms with van der Waals surface area (Å²) < 4.78 is 5.33. The molecule has 0 fully saturated rings. The highest BCUT2D eigenvalue weighted by Gasteiger charge is 2.24. The van der Waals surface area contributed by atoms with Gasteiger partial charge in [-0.3, -0.25) is 0 Å². The first-order valence-corrected chi connectivity index (χ1v) is 5.75. The molecule has 92 valence electrons. The molecule has 0 aliphatic carbocycles. The van der Waals surface area contributed by atoms with Gasteiger partial charge in [-0.15, -0.1) is 12.3 Å². The number of hydrogen-bond donors (Lipinski definition) is 0. The minimum Gasteiger partial charge on any atom is -0.444 e. The van der Waals surface area contributed by atoms with Gasteiger partial charge in [-0.2, -0.15) is 0 Å². The molecule has 0 saturated heterocycles. The second kappa shape index (κ2) is 6.42. The number of carbonyl (C=O) groups is 1. The number of carbonyl (C=O) groups excluding carboxylic acids is 1. The van der Waals surface area contributed by atoms with Crippen LogP contribution >= 0.6 is 0 Å². The molecule has 0 aromatic rings. The molecular weight excluding hydrogens is 202 g/mol. The summed E-state index contributed by atoms with van der Waals surface area (Å²) in [5.41, 5.74) is -0.448. The summed E-state index contributed by atoms with van der Waals surface area (Å²) in [5, 5.41) is 0. The molecule has 1 atom stereocenters. The van der Waals surface area contributed by atoms with E-state index in [2.05, 4.69) is 5.92 Å². The van der Waals surface area contributed by atoms with Crippen molar-refractivity contribution in [3.8, 4) is 12.3 Å². The lowest BCUT2D eigenvalue weighted by Gasteiger charge is -2.30. The number of nitrogens with zero attached hydrogens (tertiary/aromatic N) is 1. The zero-order valence-electron chi connectivity index (χ0n) is 11.0. The van der Waals surface area contributed by atoms with E-state index in [1.165, 1.54) is 0 Å². The second-order valence-electron chi connectivity index (χ2n) is 4.86. The molecule has 3 heteroatoms. The van der Waals surface area contributed by atoms with Crippen molar-refractivity contribution in [3.63, 3.8) is 0 Å². The maximum absolute atomic E-state index is 11.8. The Labute approximate surface area is 99.2 Å². The van der Waals surface area contributed by atoms with E-state index in [1.807, 2.05) is 34.6 Å². The normalized spacial score (nSPS) is 12.8. The van der Waals surface area contributed by atoms with Gasteiger partial charge in [0.2, 0.25) is 0 Å². The van der Waals surface area contributed by atoms with Crippen LogP contribution in [0.25, 0.3) is 0 Å². The zero-order chi connectivity index (χ0) is 12.8. The maximum atomic E-state index is 11.8. The number of ether oxygens (including phenoxy) is 1.